The molecule has 284 valence electrons. The van der Waals surface area contributed by atoms with Crippen LogP contribution in [0.15, 0.2) is 12.3 Å². The third kappa shape index (κ3) is 11.5. The van der Waals surface area contributed by atoms with Gasteiger partial charge in [-0.3, -0.25) is 24.0 Å². The molecule has 1 saturated heterocycles. The predicted molar refractivity (Wildman–Crippen MR) is 173 cm³/mol. The first-order valence-corrected chi connectivity index (χ1v) is 18.9. The fourth-order valence-electron chi connectivity index (χ4n) is 5.12. The van der Waals surface area contributed by atoms with Gasteiger partial charge in [-0.1, -0.05) is 20.8 Å². The lowest BCUT2D eigenvalue weighted by Gasteiger charge is -2.49. The van der Waals surface area contributed by atoms with Crippen LogP contribution in [-0.2, 0) is 71.1 Å². The molecule has 2 N–H and O–H groups in total. The molecule has 1 unspecified atom stereocenters. The Bertz CT molecular complexity index is 1280. The molecular formula is C32H51NO16Si. The number of nitrogens with one attached hydrogen (secondary N) is 1. The van der Waals surface area contributed by atoms with Gasteiger partial charge in [-0.15, -0.1) is 0 Å². The number of carbonyl (C=O) groups is 6. The average molecular weight is 734 g/mol. The summed E-state index contributed by atoms with van der Waals surface area (Å²) in [4.78, 5) is 75.0. The Morgan fingerprint density at radius 2 is 1.60 bits per heavy atom. The molecule has 0 aromatic carbocycles. The van der Waals surface area contributed by atoms with Crippen LogP contribution in [0.5, 0.6) is 0 Å². The van der Waals surface area contributed by atoms with Gasteiger partial charge >= 0.3 is 29.8 Å². The summed E-state index contributed by atoms with van der Waals surface area (Å²) in [5.74, 6) is -7.74. The zero-order valence-electron chi connectivity index (χ0n) is 30.5. The van der Waals surface area contributed by atoms with Crippen molar-refractivity contribution in [3.05, 3.63) is 12.3 Å². The van der Waals surface area contributed by atoms with Gasteiger partial charge < -0.3 is 52.7 Å². The van der Waals surface area contributed by atoms with Crippen molar-refractivity contribution >= 4 is 44.1 Å². The normalized spacial score (nSPS) is 27.8. The van der Waals surface area contributed by atoms with E-state index >= 15 is 0 Å². The molecule has 50 heavy (non-hydrogen) atoms. The van der Waals surface area contributed by atoms with Crippen molar-refractivity contribution in [3.8, 4) is 0 Å². The lowest BCUT2D eigenvalue weighted by Crippen LogP contribution is -2.70. The minimum atomic E-state index is -2.52. The fraction of sp³-hybridized carbons (Fsp3) is 0.750. The van der Waals surface area contributed by atoms with Crippen LogP contribution in [0.25, 0.3) is 0 Å². The maximum absolute atomic E-state index is 13.7. The summed E-state index contributed by atoms with van der Waals surface area (Å²) in [5, 5.41) is 13.9. The first-order valence-electron chi connectivity index (χ1n) is 16.0. The summed E-state index contributed by atoms with van der Waals surface area (Å²) in [6, 6.07) is -1.38. The predicted octanol–water partition coefficient (Wildman–Crippen LogP) is 1.19. The van der Waals surface area contributed by atoms with E-state index in [0.717, 1.165) is 41.7 Å². The molecule has 17 nitrogen and oxygen atoms in total. The van der Waals surface area contributed by atoms with Crippen molar-refractivity contribution in [3.63, 3.8) is 0 Å². The van der Waals surface area contributed by atoms with E-state index in [2.05, 4.69) is 26.1 Å². The molecule has 0 aromatic rings. The van der Waals surface area contributed by atoms with Gasteiger partial charge in [-0.2, -0.15) is 0 Å². The van der Waals surface area contributed by atoms with Crippen molar-refractivity contribution in [2.75, 3.05) is 20.3 Å². The minimum absolute atomic E-state index is 0.0218. The number of amides is 1. The highest BCUT2D eigenvalue weighted by Gasteiger charge is 2.60. The van der Waals surface area contributed by atoms with Crippen LogP contribution in [-0.4, -0.2) is 124 Å². The number of hydrogen-bond donors (Lipinski definition) is 2. The zero-order valence-corrected chi connectivity index (χ0v) is 31.5. The maximum Gasteiger partial charge on any atom is 0.366 e. The molecule has 2 aliphatic heterocycles. The first kappa shape index (κ1) is 42.6. The van der Waals surface area contributed by atoms with Crippen LogP contribution in [0, 0.1) is 0 Å². The van der Waals surface area contributed by atoms with Crippen LogP contribution in [0.3, 0.4) is 0 Å². The van der Waals surface area contributed by atoms with E-state index in [1.165, 1.54) is 12.3 Å². The zero-order chi connectivity index (χ0) is 38.2. The molecule has 18 heteroatoms. The van der Waals surface area contributed by atoms with Gasteiger partial charge in [0.1, 0.15) is 37.1 Å². The molecule has 0 bridgehead atoms. The average Bonchev–Trinajstić information content (AvgIpc) is 2.98. The Labute approximate surface area is 292 Å². The molecule has 1 amide bonds. The van der Waals surface area contributed by atoms with E-state index in [1.807, 2.05) is 13.1 Å². The lowest BCUT2D eigenvalue weighted by atomic mass is 9.87. The summed E-state index contributed by atoms with van der Waals surface area (Å²) in [5.41, 5.74) is 0. The van der Waals surface area contributed by atoms with Gasteiger partial charge in [-0.25, -0.2) is 4.79 Å². The fourth-order valence-corrected chi connectivity index (χ4v) is 6.14. The van der Waals surface area contributed by atoms with Crippen LogP contribution in [0.1, 0.15) is 61.8 Å². The Kier molecular flexibility index (Phi) is 15.0. The van der Waals surface area contributed by atoms with Crippen LogP contribution >= 0.6 is 0 Å². The number of aliphatic hydroxyl groups is 1. The number of rotatable bonds is 14. The molecule has 2 rings (SSSR count). The van der Waals surface area contributed by atoms with Gasteiger partial charge in [0.05, 0.1) is 32.4 Å². The van der Waals surface area contributed by atoms with Gasteiger partial charge in [0.15, 0.2) is 20.5 Å². The highest BCUT2D eigenvalue weighted by molar-refractivity contribution is 6.74. The second-order valence-corrected chi connectivity index (χ2v) is 18.4. The lowest BCUT2D eigenvalue weighted by molar-refractivity contribution is -0.329. The number of carbonyl (C=O) groups excluding carboxylic acids is 6. The molecular weight excluding hydrogens is 682 g/mol. The van der Waals surface area contributed by atoms with Crippen molar-refractivity contribution in [1.82, 2.24) is 5.32 Å². The SMILES string of the molecule is COC(=O)[C@@]1(O[C@@H]2C=CO[C@H](CO[Si](C)(C)C(C)(C)C)[C@@H]2O)C[C@H](OC(C)=O)[C@@H](NC(C)=O)[C@H]([C@H](OC(C)=O)C(COC(C)=O)OC(C)=O)O1. The number of esters is 5. The Hall–Kier alpha value is -3.58. The van der Waals surface area contributed by atoms with Crippen LogP contribution < -0.4 is 5.32 Å². The third-order valence-corrected chi connectivity index (χ3v) is 13.0. The summed E-state index contributed by atoms with van der Waals surface area (Å²) < 4.78 is 51.1. The highest BCUT2D eigenvalue weighted by Crippen LogP contribution is 2.40. The van der Waals surface area contributed by atoms with Crippen molar-refractivity contribution in [2.24, 2.45) is 0 Å². The third-order valence-electron chi connectivity index (χ3n) is 8.48. The largest absolute Gasteiger partial charge is 0.493 e. The van der Waals surface area contributed by atoms with Gasteiger partial charge in [-0.05, 0) is 24.2 Å². The number of ether oxygens (including phenoxy) is 8. The monoisotopic (exact) mass is 733 g/mol. The van der Waals surface area contributed by atoms with Crippen molar-refractivity contribution < 1.29 is 76.2 Å². The summed E-state index contributed by atoms with van der Waals surface area (Å²) in [6.07, 6.45) is -8.14. The second kappa shape index (κ2) is 17.6. The number of aliphatic hydroxyl groups excluding tert-OH is 1. The first-order chi connectivity index (χ1) is 23.0. The standard InChI is InChI=1S/C32H51NO16Si/c1-17(34)33-26-23(45-19(3)36)14-32(30(40)41-9,48-22-12-13-42-24(27(22)39)16-44-50(10,11)31(6,7)8)49-29(26)28(47-21(5)38)25(46-20(4)37)15-43-18(2)35/h12-13,22-29,39H,14-16H2,1-11H3,(H,33,34)/t22-,23+,24-,25?,26-,27-,28-,29-,32-/m1/s1. The smallest absolute Gasteiger partial charge is 0.366 e. The number of hydrogen-bond acceptors (Lipinski definition) is 16. The molecule has 0 saturated carbocycles. The maximum atomic E-state index is 13.7. The summed E-state index contributed by atoms with van der Waals surface area (Å²) in [6.45, 7) is 14.9. The Balaban J connectivity index is 2.70. The van der Waals surface area contributed by atoms with E-state index in [1.54, 1.807) is 0 Å². The highest BCUT2D eigenvalue weighted by atomic mass is 28.4. The molecule has 0 radical (unpaired) electrons. The Morgan fingerprint density at radius 3 is 2.10 bits per heavy atom. The van der Waals surface area contributed by atoms with Crippen molar-refractivity contribution in [2.45, 2.75) is 134 Å². The van der Waals surface area contributed by atoms with E-state index in [-0.39, 0.29) is 11.6 Å². The van der Waals surface area contributed by atoms with E-state index in [0.29, 0.717) is 0 Å². The van der Waals surface area contributed by atoms with Gasteiger partial charge in [0.25, 0.3) is 5.79 Å². The quantitative estimate of drug-likeness (QED) is 0.146. The molecule has 9 atom stereocenters. The van der Waals surface area contributed by atoms with Gasteiger partial charge in [0, 0.05) is 34.6 Å². The topological polar surface area (TPSA) is 218 Å². The van der Waals surface area contributed by atoms with E-state index in [9.17, 15) is 33.9 Å². The molecule has 0 aliphatic carbocycles. The second-order valence-electron chi connectivity index (χ2n) is 13.6. The number of methoxy groups -OCH3 is 1. The van der Waals surface area contributed by atoms with Crippen LogP contribution in [0.2, 0.25) is 18.1 Å². The molecule has 0 aromatic heterocycles. The molecule has 1 fully saturated rings. The van der Waals surface area contributed by atoms with Crippen molar-refractivity contribution in [1.29, 1.82) is 0 Å². The summed E-state index contributed by atoms with van der Waals surface area (Å²) >= 11 is 0. The van der Waals surface area contributed by atoms with Gasteiger partial charge in [0.2, 0.25) is 5.91 Å². The minimum Gasteiger partial charge on any atom is -0.493 e. The molecule has 2 aliphatic rings. The van der Waals surface area contributed by atoms with Crippen LogP contribution in [0.4, 0.5) is 0 Å². The molecule has 0 spiro atoms. The van der Waals surface area contributed by atoms with E-state index < -0.39 is 112 Å². The molecule has 2 heterocycles. The summed E-state index contributed by atoms with van der Waals surface area (Å²) in [7, 11) is -1.25. The van der Waals surface area contributed by atoms with E-state index in [4.69, 9.17) is 42.3 Å². The Morgan fingerprint density at radius 1 is 0.980 bits per heavy atom.